The van der Waals surface area contributed by atoms with Crippen molar-refractivity contribution >= 4 is 0 Å². The number of β-amino-alcohol motifs (C(OH)–C–C–N with tert-alkyl or cyclic N) is 1. The zero-order valence-corrected chi connectivity index (χ0v) is 14.7. The zero-order chi connectivity index (χ0) is 16.9. The lowest BCUT2D eigenvalue weighted by Crippen LogP contribution is -2.49. The highest BCUT2D eigenvalue weighted by Gasteiger charge is 2.19. The molecule has 0 aromatic carbocycles. The van der Waals surface area contributed by atoms with Gasteiger partial charge in [-0.3, -0.25) is 15.1 Å². The van der Waals surface area contributed by atoms with Crippen LogP contribution in [0.5, 0.6) is 0 Å². The number of ether oxygens (including phenoxy) is 2. The van der Waals surface area contributed by atoms with E-state index in [0.29, 0.717) is 26.4 Å². The Balaban J connectivity index is 2.01. The van der Waals surface area contributed by atoms with Crippen molar-refractivity contribution in [2.24, 2.45) is 0 Å². The first-order valence-electron chi connectivity index (χ1n) is 8.74. The van der Waals surface area contributed by atoms with Gasteiger partial charge in [-0.25, -0.2) is 4.89 Å². The summed E-state index contributed by atoms with van der Waals surface area (Å²) in [5.74, 6) is 0. The van der Waals surface area contributed by atoms with E-state index in [9.17, 15) is 5.11 Å². The second-order valence-corrected chi connectivity index (χ2v) is 6.22. The zero-order valence-electron chi connectivity index (χ0n) is 14.7. The fraction of sp³-hybridized carbons (Fsp3) is 1.00. The van der Waals surface area contributed by atoms with Crippen LogP contribution >= 0.6 is 0 Å². The first kappa shape index (κ1) is 20.8. The third-order valence-corrected chi connectivity index (χ3v) is 3.97. The number of nitrogens with zero attached hydrogens (tertiary/aromatic N) is 2. The van der Waals surface area contributed by atoms with Crippen molar-refractivity contribution in [3.63, 3.8) is 0 Å². The molecule has 2 unspecified atom stereocenters. The number of piperazine rings is 1. The summed E-state index contributed by atoms with van der Waals surface area (Å²) < 4.78 is 10.9. The number of hydrogen-bond donors (Lipinski definition) is 2. The van der Waals surface area contributed by atoms with Gasteiger partial charge in [0.2, 0.25) is 0 Å². The molecule has 0 amide bonds. The van der Waals surface area contributed by atoms with Gasteiger partial charge in [0.05, 0.1) is 25.9 Å². The molecule has 1 rings (SSSR count). The van der Waals surface area contributed by atoms with Gasteiger partial charge in [-0.05, 0) is 13.3 Å². The van der Waals surface area contributed by atoms with Crippen molar-refractivity contribution in [1.82, 2.24) is 9.80 Å². The lowest BCUT2D eigenvalue weighted by Gasteiger charge is -2.35. The summed E-state index contributed by atoms with van der Waals surface area (Å²) in [5, 5.41) is 18.4. The molecule has 1 aliphatic rings. The molecule has 7 heteroatoms. The first-order chi connectivity index (χ1) is 11.2. The Labute approximate surface area is 140 Å². The van der Waals surface area contributed by atoms with Crippen LogP contribution < -0.4 is 0 Å². The summed E-state index contributed by atoms with van der Waals surface area (Å²) in [4.78, 5) is 8.79. The molecule has 0 radical (unpaired) electrons. The summed E-state index contributed by atoms with van der Waals surface area (Å²) in [6.45, 7) is 11.6. The van der Waals surface area contributed by atoms with Crippen molar-refractivity contribution in [3.8, 4) is 0 Å². The number of unbranched alkanes of at least 4 members (excludes halogenated alkanes) is 1. The van der Waals surface area contributed by atoms with Gasteiger partial charge in [0.1, 0.15) is 6.10 Å². The van der Waals surface area contributed by atoms with E-state index in [2.05, 4.69) is 21.6 Å². The molecule has 0 bridgehead atoms. The largest absolute Gasteiger partial charge is 0.389 e. The van der Waals surface area contributed by atoms with Crippen LogP contribution in [0.1, 0.15) is 26.7 Å². The predicted molar refractivity (Wildman–Crippen MR) is 88.6 cm³/mol. The van der Waals surface area contributed by atoms with Gasteiger partial charge in [-0.2, -0.15) is 0 Å². The highest BCUT2D eigenvalue weighted by atomic mass is 17.1. The van der Waals surface area contributed by atoms with Crippen LogP contribution in [-0.2, 0) is 14.4 Å². The highest BCUT2D eigenvalue weighted by Crippen LogP contribution is 2.03. The molecule has 1 fully saturated rings. The standard InChI is InChI=1S/C16H34N2O5/c1-3-4-10-21-14-16(19)12-18-7-5-17(6-8-18)9-11-22-13-15(2)23-20/h15-16,19-20H,3-14H2,1-2H3. The maximum Gasteiger partial charge on any atom is 0.113 e. The number of aliphatic hydroxyl groups excluding tert-OH is 1. The third kappa shape index (κ3) is 10.2. The number of hydrogen-bond acceptors (Lipinski definition) is 7. The molecule has 2 N–H and O–H groups in total. The molecular formula is C16H34N2O5. The molecular weight excluding hydrogens is 300 g/mol. The summed E-state index contributed by atoms with van der Waals surface area (Å²) >= 11 is 0. The van der Waals surface area contributed by atoms with Gasteiger partial charge in [-0.15, -0.1) is 0 Å². The maximum absolute atomic E-state index is 9.98. The van der Waals surface area contributed by atoms with Crippen LogP contribution in [0.3, 0.4) is 0 Å². The number of rotatable bonds is 13. The molecule has 0 aliphatic carbocycles. The number of aliphatic hydroxyl groups is 1. The van der Waals surface area contributed by atoms with Gasteiger partial charge in [0.15, 0.2) is 0 Å². The van der Waals surface area contributed by atoms with Crippen LogP contribution in [0.25, 0.3) is 0 Å². The van der Waals surface area contributed by atoms with E-state index in [1.54, 1.807) is 6.92 Å². The van der Waals surface area contributed by atoms with E-state index in [0.717, 1.165) is 52.2 Å². The third-order valence-electron chi connectivity index (χ3n) is 3.97. The lowest BCUT2D eigenvalue weighted by atomic mass is 10.2. The summed E-state index contributed by atoms with van der Waals surface area (Å²) in [7, 11) is 0. The van der Waals surface area contributed by atoms with E-state index in [-0.39, 0.29) is 6.10 Å². The Morgan fingerprint density at radius 1 is 1.00 bits per heavy atom. The second kappa shape index (κ2) is 13.1. The van der Waals surface area contributed by atoms with Crippen molar-refractivity contribution in [3.05, 3.63) is 0 Å². The van der Waals surface area contributed by atoms with Crippen LogP contribution in [0, 0.1) is 0 Å². The van der Waals surface area contributed by atoms with E-state index in [1.807, 2.05) is 0 Å². The fourth-order valence-electron chi connectivity index (χ4n) is 2.49. The van der Waals surface area contributed by atoms with E-state index in [4.69, 9.17) is 14.7 Å². The minimum absolute atomic E-state index is 0.284. The Kier molecular flexibility index (Phi) is 11.8. The average molecular weight is 334 g/mol. The minimum Gasteiger partial charge on any atom is -0.389 e. The smallest absolute Gasteiger partial charge is 0.113 e. The van der Waals surface area contributed by atoms with Gasteiger partial charge in [0.25, 0.3) is 0 Å². The SMILES string of the molecule is CCCCOCC(O)CN1CCN(CCOCC(C)OO)CC1. The molecule has 0 spiro atoms. The van der Waals surface area contributed by atoms with Crippen LogP contribution in [0.2, 0.25) is 0 Å². The Hall–Kier alpha value is -0.280. The topological polar surface area (TPSA) is 74.6 Å². The van der Waals surface area contributed by atoms with Crippen molar-refractivity contribution < 1.29 is 24.7 Å². The van der Waals surface area contributed by atoms with Crippen LogP contribution in [-0.4, -0.2) is 98.1 Å². The lowest BCUT2D eigenvalue weighted by molar-refractivity contribution is -0.282. The van der Waals surface area contributed by atoms with E-state index < -0.39 is 6.10 Å². The molecule has 23 heavy (non-hydrogen) atoms. The van der Waals surface area contributed by atoms with E-state index >= 15 is 0 Å². The van der Waals surface area contributed by atoms with Crippen LogP contribution in [0.4, 0.5) is 0 Å². The molecule has 0 saturated carbocycles. The van der Waals surface area contributed by atoms with Gasteiger partial charge in [0, 0.05) is 45.9 Å². The van der Waals surface area contributed by atoms with Gasteiger partial charge >= 0.3 is 0 Å². The van der Waals surface area contributed by atoms with Gasteiger partial charge in [-0.1, -0.05) is 13.3 Å². The van der Waals surface area contributed by atoms with Crippen molar-refractivity contribution in [2.45, 2.75) is 38.9 Å². The predicted octanol–water partition coefficient (Wildman–Crippen LogP) is 0.676. The molecule has 0 aromatic rings. The molecule has 1 saturated heterocycles. The Morgan fingerprint density at radius 2 is 1.65 bits per heavy atom. The van der Waals surface area contributed by atoms with Crippen molar-refractivity contribution in [2.75, 3.05) is 65.7 Å². The average Bonchev–Trinajstić information content (AvgIpc) is 2.57. The molecule has 1 heterocycles. The highest BCUT2D eigenvalue weighted by molar-refractivity contribution is 4.74. The molecule has 0 aromatic heterocycles. The fourth-order valence-corrected chi connectivity index (χ4v) is 2.49. The summed E-state index contributed by atoms with van der Waals surface area (Å²) in [6, 6.07) is 0. The minimum atomic E-state index is -0.401. The Bertz CT molecular complexity index is 275. The second-order valence-electron chi connectivity index (χ2n) is 6.22. The molecule has 138 valence electrons. The van der Waals surface area contributed by atoms with Crippen LogP contribution in [0.15, 0.2) is 0 Å². The molecule has 1 aliphatic heterocycles. The molecule has 2 atom stereocenters. The Morgan fingerprint density at radius 3 is 2.30 bits per heavy atom. The van der Waals surface area contributed by atoms with Crippen molar-refractivity contribution in [1.29, 1.82) is 0 Å². The quantitative estimate of drug-likeness (QED) is 0.291. The summed E-state index contributed by atoms with van der Waals surface area (Å²) in [6.07, 6.45) is 1.49. The normalized spacial score (nSPS) is 19.8. The maximum atomic E-state index is 9.98. The monoisotopic (exact) mass is 334 g/mol. The summed E-state index contributed by atoms with van der Waals surface area (Å²) in [5.41, 5.74) is 0. The van der Waals surface area contributed by atoms with Gasteiger partial charge < -0.3 is 14.6 Å². The van der Waals surface area contributed by atoms with E-state index in [1.165, 1.54) is 0 Å². The molecule has 7 nitrogen and oxygen atoms in total. The first-order valence-corrected chi connectivity index (χ1v) is 8.74.